The summed E-state index contributed by atoms with van der Waals surface area (Å²) in [5.41, 5.74) is -6.21. The van der Waals surface area contributed by atoms with E-state index in [1.807, 2.05) is 0 Å². The molecule has 0 aliphatic rings. The topological polar surface area (TPSA) is 0 Å². The lowest BCUT2D eigenvalue weighted by molar-refractivity contribution is -0.161. The van der Waals surface area contributed by atoms with E-state index in [1.165, 1.54) is 6.92 Å². The van der Waals surface area contributed by atoms with Gasteiger partial charge in [-0.05, 0) is 30.0 Å². The molecule has 0 aromatic heterocycles. The maximum atomic E-state index is 13.1. The van der Waals surface area contributed by atoms with Crippen LogP contribution in [0.1, 0.15) is 22.3 Å². The Morgan fingerprint density at radius 3 is 1.52 bits per heavy atom. The van der Waals surface area contributed by atoms with Crippen LogP contribution in [0.15, 0.2) is 24.3 Å². The monoisotopic (exact) mass is 346 g/mol. The number of benzene rings is 2. The van der Waals surface area contributed by atoms with Gasteiger partial charge in [0.15, 0.2) is 0 Å². The molecule has 0 unspecified atom stereocenters. The summed E-state index contributed by atoms with van der Waals surface area (Å²) >= 11 is 0. The zero-order valence-electron chi connectivity index (χ0n) is 11.2. The second kappa shape index (κ2) is 5.04. The molecule has 0 saturated heterocycles. The Morgan fingerprint density at radius 2 is 1.09 bits per heavy atom. The van der Waals surface area contributed by atoms with Gasteiger partial charge in [0.05, 0.1) is 16.7 Å². The molecule has 2 aromatic carbocycles. The highest BCUT2D eigenvalue weighted by Crippen LogP contribution is 2.47. The molecule has 126 valence electrons. The highest BCUT2D eigenvalue weighted by molar-refractivity contribution is 5.93. The van der Waals surface area contributed by atoms with Crippen molar-refractivity contribution in [3.8, 4) is 0 Å². The van der Waals surface area contributed by atoms with Crippen molar-refractivity contribution in [1.29, 1.82) is 0 Å². The zero-order valence-corrected chi connectivity index (χ0v) is 11.2. The van der Waals surface area contributed by atoms with Crippen molar-refractivity contribution in [1.82, 2.24) is 0 Å². The summed E-state index contributed by atoms with van der Waals surface area (Å²) in [5.74, 6) is 0. The van der Waals surface area contributed by atoms with Crippen LogP contribution < -0.4 is 0 Å². The molecule has 0 aliphatic carbocycles. The number of aryl methyl sites for hydroxylation is 1. The summed E-state index contributed by atoms with van der Waals surface area (Å²) < 4.78 is 117. The lowest BCUT2D eigenvalue weighted by Crippen LogP contribution is -2.19. The number of hydrogen-bond acceptors (Lipinski definition) is 0. The van der Waals surface area contributed by atoms with E-state index in [4.69, 9.17) is 0 Å². The summed E-state index contributed by atoms with van der Waals surface area (Å²) in [6.07, 6.45) is -16.3. The molecule has 2 rings (SSSR count). The fourth-order valence-corrected chi connectivity index (χ4v) is 2.36. The summed E-state index contributed by atoms with van der Waals surface area (Å²) in [7, 11) is 0. The summed E-state index contributed by atoms with van der Waals surface area (Å²) in [5, 5.41) is -2.01. The third kappa shape index (κ3) is 3.09. The Kier molecular flexibility index (Phi) is 3.82. The zero-order chi connectivity index (χ0) is 17.8. The minimum absolute atomic E-state index is 0.00669. The normalized spacial score (nSPS) is 13.7. The molecule has 0 nitrogen and oxygen atoms in total. The van der Waals surface area contributed by atoms with Gasteiger partial charge in [-0.25, -0.2) is 0 Å². The minimum Gasteiger partial charge on any atom is -0.166 e. The first-order valence-electron chi connectivity index (χ1n) is 6.02. The molecule has 0 atom stereocenters. The third-order valence-electron chi connectivity index (χ3n) is 3.29. The Hall–Kier alpha value is -1.93. The van der Waals surface area contributed by atoms with Crippen LogP contribution in [0.4, 0.5) is 39.5 Å². The van der Waals surface area contributed by atoms with Crippen LogP contribution in [0.3, 0.4) is 0 Å². The molecule has 0 amide bonds. The highest BCUT2D eigenvalue weighted by atomic mass is 19.4. The average Bonchev–Trinajstić information content (AvgIpc) is 2.34. The molecule has 9 heteroatoms. The van der Waals surface area contributed by atoms with E-state index in [-0.39, 0.29) is 11.6 Å². The van der Waals surface area contributed by atoms with Gasteiger partial charge in [-0.2, -0.15) is 39.5 Å². The Bertz CT molecular complexity index is 748. The standard InChI is InChI=1S/C14H7F9/c1-6-2-4-8(12(15,16)17)10-7(6)3-5-9(13(18,19)20)11(10)14(21,22)23/h2-5H,1H3. The molecule has 23 heavy (non-hydrogen) atoms. The molecule has 0 N–H and O–H groups in total. The quantitative estimate of drug-likeness (QED) is 0.498. The number of hydrogen-bond donors (Lipinski definition) is 0. The van der Waals surface area contributed by atoms with E-state index in [1.54, 1.807) is 0 Å². The van der Waals surface area contributed by atoms with Gasteiger partial charge in [-0.1, -0.05) is 12.1 Å². The predicted octanol–water partition coefficient (Wildman–Crippen LogP) is 6.20. The maximum Gasteiger partial charge on any atom is 0.417 e. The number of halogens is 9. The fraction of sp³-hybridized carbons (Fsp3) is 0.286. The Labute approximate surface area is 123 Å². The molecular formula is C14H7F9. The first-order valence-corrected chi connectivity index (χ1v) is 6.02. The summed E-state index contributed by atoms with van der Waals surface area (Å²) in [6, 6.07) is 2.04. The van der Waals surface area contributed by atoms with Crippen LogP contribution in [0.2, 0.25) is 0 Å². The van der Waals surface area contributed by atoms with E-state index >= 15 is 0 Å². The van der Waals surface area contributed by atoms with Gasteiger partial charge in [0, 0.05) is 5.39 Å². The first kappa shape index (κ1) is 17.4. The maximum absolute atomic E-state index is 13.1. The fourth-order valence-electron chi connectivity index (χ4n) is 2.36. The van der Waals surface area contributed by atoms with Crippen molar-refractivity contribution in [2.24, 2.45) is 0 Å². The van der Waals surface area contributed by atoms with Gasteiger partial charge in [0.1, 0.15) is 0 Å². The van der Waals surface area contributed by atoms with Crippen LogP contribution in [-0.4, -0.2) is 0 Å². The lowest BCUT2D eigenvalue weighted by atomic mass is 9.91. The van der Waals surface area contributed by atoms with Crippen molar-refractivity contribution in [3.63, 3.8) is 0 Å². The second-order valence-corrected chi connectivity index (χ2v) is 4.83. The molecule has 0 spiro atoms. The number of rotatable bonds is 0. The molecule has 0 saturated carbocycles. The van der Waals surface area contributed by atoms with E-state index < -0.39 is 46.0 Å². The van der Waals surface area contributed by atoms with E-state index in [2.05, 4.69) is 0 Å². The van der Waals surface area contributed by atoms with Gasteiger partial charge in [-0.15, -0.1) is 0 Å². The Balaban J connectivity index is 3.12. The third-order valence-corrected chi connectivity index (χ3v) is 3.29. The molecule has 2 aromatic rings. The van der Waals surface area contributed by atoms with Crippen LogP contribution in [-0.2, 0) is 18.5 Å². The SMILES string of the molecule is Cc1ccc(C(F)(F)F)c2c(C(F)(F)F)c(C(F)(F)F)ccc12. The predicted molar refractivity (Wildman–Crippen MR) is 63.7 cm³/mol. The second-order valence-electron chi connectivity index (χ2n) is 4.83. The van der Waals surface area contributed by atoms with Crippen LogP contribution in [0, 0.1) is 6.92 Å². The number of alkyl halides is 9. The van der Waals surface area contributed by atoms with Crippen molar-refractivity contribution in [3.05, 3.63) is 46.5 Å². The van der Waals surface area contributed by atoms with Gasteiger partial charge in [0.2, 0.25) is 0 Å². The van der Waals surface area contributed by atoms with Crippen molar-refractivity contribution in [2.75, 3.05) is 0 Å². The molecule has 0 fully saturated rings. The highest BCUT2D eigenvalue weighted by Gasteiger charge is 2.46. The van der Waals surface area contributed by atoms with Gasteiger partial charge in [0.25, 0.3) is 0 Å². The first-order chi connectivity index (χ1) is 10.2. The van der Waals surface area contributed by atoms with Crippen molar-refractivity contribution in [2.45, 2.75) is 25.5 Å². The minimum atomic E-state index is -5.60. The van der Waals surface area contributed by atoms with Crippen LogP contribution in [0.5, 0.6) is 0 Å². The molecule has 0 aliphatic heterocycles. The van der Waals surface area contributed by atoms with Crippen molar-refractivity contribution < 1.29 is 39.5 Å². The van der Waals surface area contributed by atoms with Gasteiger partial charge in [-0.3, -0.25) is 0 Å². The van der Waals surface area contributed by atoms with E-state index in [0.717, 1.165) is 6.07 Å². The van der Waals surface area contributed by atoms with Gasteiger partial charge < -0.3 is 0 Å². The smallest absolute Gasteiger partial charge is 0.166 e. The van der Waals surface area contributed by atoms with Crippen LogP contribution >= 0.6 is 0 Å². The van der Waals surface area contributed by atoms with E-state index in [0.29, 0.717) is 12.1 Å². The molecular weight excluding hydrogens is 339 g/mol. The summed E-state index contributed by atoms with van der Waals surface area (Å²) in [4.78, 5) is 0. The molecule has 0 radical (unpaired) electrons. The molecule has 0 heterocycles. The summed E-state index contributed by atoms with van der Waals surface area (Å²) in [6.45, 7) is 1.22. The number of fused-ring (bicyclic) bond motifs is 1. The average molecular weight is 346 g/mol. The Morgan fingerprint density at radius 1 is 0.609 bits per heavy atom. The molecule has 0 bridgehead atoms. The van der Waals surface area contributed by atoms with E-state index in [9.17, 15) is 39.5 Å². The largest absolute Gasteiger partial charge is 0.417 e. The lowest BCUT2D eigenvalue weighted by Gasteiger charge is -2.21. The van der Waals surface area contributed by atoms with Gasteiger partial charge >= 0.3 is 18.5 Å². The van der Waals surface area contributed by atoms with Crippen molar-refractivity contribution >= 4 is 10.8 Å². The van der Waals surface area contributed by atoms with Crippen LogP contribution in [0.25, 0.3) is 10.8 Å².